The van der Waals surface area contributed by atoms with Crippen molar-refractivity contribution in [2.75, 3.05) is 39.8 Å². The first kappa shape index (κ1) is 19.1. The van der Waals surface area contributed by atoms with Gasteiger partial charge in [0, 0.05) is 42.8 Å². The lowest BCUT2D eigenvalue weighted by Gasteiger charge is -2.38. The van der Waals surface area contributed by atoms with Crippen LogP contribution in [-0.2, 0) is 0 Å². The molecule has 1 atom stereocenters. The zero-order valence-corrected chi connectivity index (χ0v) is 17.0. The Morgan fingerprint density at radius 1 is 1.12 bits per heavy atom. The van der Waals surface area contributed by atoms with Crippen molar-refractivity contribution >= 4 is 21.8 Å². The first-order chi connectivity index (χ1) is 12.5. The molecule has 0 saturated carbocycles. The highest BCUT2D eigenvalue weighted by molar-refractivity contribution is 9.10. The molecular formula is C21H26BrN3O. The third kappa shape index (κ3) is 4.93. The maximum atomic E-state index is 12.6. The zero-order chi connectivity index (χ0) is 18.5. The SMILES string of the molecule is Cc1ccc([C@@H](CNC(=O)c2cccc(Br)c2)N2CCN(C)CC2)cc1. The third-order valence-electron chi connectivity index (χ3n) is 4.98. The highest BCUT2D eigenvalue weighted by Crippen LogP contribution is 2.22. The van der Waals surface area contributed by atoms with Gasteiger partial charge in [-0.15, -0.1) is 0 Å². The number of aryl methyl sites for hydroxylation is 1. The van der Waals surface area contributed by atoms with Crippen molar-refractivity contribution in [1.29, 1.82) is 0 Å². The molecule has 1 amide bonds. The second-order valence-corrected chi connectivity index (χ2v) is 7.90. The van der Waals surface area contributed by atoms with Gasteiger partial charge in [-0.05, 0) is 37.7 Å². The second-order valence-electron chi connectivity index (χ2n) is 6.99. The van der Waals surface area contributed by atoms with Gasteiger partial charge in [-0.3, -0.25) is 9.69 Å². The second kappa shape index (κ2) is 8.80. The summed E-state index contributed by atoms with van der Waals surface area (Å²) in [5, 5.41) is 3.13. The summed E-state index contributed by atoms with van der Waals surface area (Å²) in [6, 6.07) is 16.4. The molecule has 138 valence electrons. The predicted molar refractivity (Wildman–Crippen MR) is 109 cm³/mol. The molecule has 1 heterocycles. The molecule has 1 N–H and O–H groups in total. The molecule has 1 saturated heterocycles. The minimum atomic E-state index is -0.0301. The van der Waals surface area contributed by atoms with Gasteiger partial charge in [-0.2, -0.15) is 0 Å². The van der Waals surface area contributed by atoms with Crippen molar-refractivity contribution in [2.45, 2.75) is 13.0 Å². The number of carbonyl (C=O) groups excluding carboxylic acids is 1. The van der Waals surface area contributed by atoms with E-state index in [4.69, 9.17) is 0 Å². The van der Waals surface area contributed by atoms with Crippen molar-refractivity contribution in [1.82, 2.24) is 15.1 Å². The first-order valence-electron chi connectivity index (χ1n) is 9.06. The summed E-state index contributed by atoms with van der Waals surface area (Å²) in [6.45, 7) is 6.86. The fraction of sp³-hybridized carbons (Fsp3) is 0.381. The molecule has 0 aromatic heterocycles. The molecule has 3 rings (SSSR count). The standard InChI is InChI=1S/C21H26BrN3O/c1-16-6-8-17(9-7-16)20(25-12-10-24(2)11-13-25)15-23-21(26)18-4-3-5-19(22)14-18/h3-9,14,20H,10-13,15H2,1-2H3,(H,23,26)/t20-/m1/s1. The Hall–Kier alpha value is -1.69. The minimum Gasteiger partial charge on any atom is -0.350 e. The number of likely N-dealkylation sites (N-methyl/N-ethyl adjacent to an activating group) is 1. The first-order valence-corrected chi connectivity index (χ1v) is 9.85. The summed E-state index contributed by atoms with van der Waals surface area (Å²) < 4.78 is 0.916. The van der Waals surface area contributed by atoms with Crippen LogP contribution >= 0.6 is 15.9 Å². The van der Waals surface area contributed by atoms with E-state index in [0.717, 1.165) is 30.7 Å². The number of amides is 1. The van der Waals surface area contributed by atoms with Crippen molar-refractivity contribution in [3.8, 4) is 0 Å². The monoisotopic (exact) mass is 415 g/mol. The lowest BCUT2D eigenvalue weighted by atomic mass is 10.0. The number of hydrogen-bond acceptors (Lipinski definition) is 3. The van der Waals surface area contributed by atoms with Crippen LogP contribution in [0.5, 0.6) is 0 Å². The topological polar surface area (TPSA) is 35.6 Å². The van der Waals surface area contributed by atoms with E-state index in [9.17, 15) is 4.79 Å². The summed E-state index contributed by atoms with van der Waals surface area (Å²) in [7, 11) is 2.16. The average molecular weight is 416 g/mol. The van der Waals surface area contributed by atoms with Crippen LogP contribution in [0.1, 0.15) is 27.5 Å². The summed E-state index contributed by atoms with van der Waals surface area (Å²) >= 11 is 3.43. The quantitative estimate of drug-likeness (QED) is 0.811. The number of carbonyl (C=O) groups is 1. The van der Waals surface area contributed by atoms with Gasteiger partial charge in [0.05, 0.1) is 6.04 Å². The number of rotatable bonds is 5. The molecule has 0 bridgehead atoms. The molecule has 4 nitrogen and oxygen atoms in total. The Morgan fingerprint density at radius 2 is 1.81 bits per heavy atom. The summed E-state index contributed by atoms with van der Waals surface area (Å²) in [5.74, 6) is -0.0301. The highest BCUT2D eigenvalue weighted by Gasteiger charge is 2.24. The van der Waals surface area contributed by atoms with E-state index in [1.807, 2.05) is 24.3 Å². The van der Waals surface area contributed by atoms with Crippen molar-refractivity contribution in [3.05, 3.63) is 69.7 Å². The van der Waals surface area contributed by atoms with Crippen LogP contribution in [0.15, 0.2) is 53.0 Å². The van der Waals surface area contributed by atoms with Crippen molar-refractivity contribution < 1.29 is 4.79 Å². The molecule has 1 aliphatic heterocycles. The van der Waals surface area contributed by atoms with E-state index >= 15 is 0 Å². The number of nitrogens with one attached hydrogen (secondary N) is 1. The van der Waals surface area contributed by atoms with E-state index in [1.54, 1.807) is 0 Å². The molecule has 2 aromatic carbocycles. The lowest BCUT2D eigenvalue weighted by Crippen LogP contribution is -2.48. The summed E-state index contributed by atoms with van der Waals surface area (Å²) in [4.78, 5) is 17.4. The van der Waals surface area contributed by atoms with E-state index in [1.165, 1.54) is 11.1 Å². The number of piperazine rings is 1. The van der Waals surface area contributed by atoms with Crippen LogP contribution in [0.25, 0.3) is 0 Å². The fourth-order valence-electron chi connectivity index (χ4n) is 3.30. The van der Waals surface area contributed by atoms with Crippen LogP contribution in [0.2, 0.25) is 0 Å². The molecule has 26 heavy (non-hydrogen) atoms. The molecule has 1 fully saturated rings. The van der Waals surface area contributed by atoms with Gasteiger partial charge in [-0.1, -0.05) is 51.8 Å². The van der Waals surface area contributed by atoms with E-state index < -0.39 is 0 Å². The fourth-order valence-corrected chi connectivity index (χ4v) is 3.70. The molecule has 0 spiro atoms. The average Bonchev–Trinajstić information content (AvgIpc) is 2.64. The Balaban J connectivity index is 1.73. The lowest BCUT2D eigenvalue weighted by molar-refractivity contribution is 0.0886. The highest BCUT2D eigenvalue weighted by atomic mass is 79.9. The van der Waals surface area contributed by atoms with Gasteiger partial charge in [0.25, 0.3) is 5.91 Å². The smallest absolute Gasteiger partial charge is 0.251 e. The van der Waals surface area contributed by atoms with E-state index in [-0.39, 0.29) is 11.9 Å². The molecule has 0 radical (unpaired) electrons. The Kier molecular flexibility index (Phi) is 6.46. The van der Waals surface area contributed by atoms with Crippen LogP contribution in [0, 0.1) is 6.92 Å². The molecule has 5 heteroatoms. The van der Waals surface area contributed by atoms with Gasteiger partial charge < -0.3 is 10.2 Å². The predicted octanol–water partition coefficient (Wildman–Crippen LogP) is 3.48. The van der Waals surface area contributed by atoms with Crippen LogP contribution in [0.3, 0.4) is 0 Å². The van der Waals surface area contributed by atoms with Gasteiger partial charge >= 0.3 is 0 Å². The maximum absolute atomic E-state index is 12.6. The van der Waals surface area contributed by atoms with Crippen molar-refractivity contribution in [3.63, 3.8) is 0 Å². The van der Waals surface area contributed by atoms with Gasteiger partial charge in [0.1, 0.15) is 0 Å². The van der Waals surface area contributed by atoms with Gasteiger partial charge in [0.15, 0.2) is 0 Å². The summed E-state index contributed by atoms with van der Waals surface area (Å²) in [6.07, 6.45) is 0. The maximum Gasteiger partial charge on any atom is 0.251 e. The molecule has 0 aliphatic carbocycles. The Morgan fingerprint density at radius 3 is 2.46 bits per heavy atom. The largest absolute Gasteiger partial charge is 0.350 e. The number of benzene rings is 2. The third-order valence-corrected chi connectivity index (χ3v) is 5.48. The van der Waals surface area contributed by atoms with Crippen LogP contribution < -0.4 is 5.32 Å². The normalized spacial score (nSPS) is 17.0. The summed E-state index contributed by atoms with van der Waals surface area (Å²) in [5.41, 5.74) is 3.19. The number of hydrogen-bond donors (Lipinski definition) is 1. The van der Waals surface area contributed by atoms with Crippen LogP contribution in [0.4, 0.5) is 0 Å². The van der Waals surface area contributed by atoms with Crippen LogP contribution in [-0.4, -0.2) is 55.5 Å². The number of halogens is 1. The zero-order valence-electron chi connectivity index (χ0n) is 15.4. The molecular weight excluding hydrogens is 390 g/mol. The van der Waals surface area contributed by atoms with Gasteiger partial charge in [0.2, 0.25) is 0 Å². The molecule has 2 aromatic rings. The minimum absolute atomic E-state index is 0.0301. The molecule has 1 aliphatic rings. The number of nitrogens with zero attached hydrogens (tertiary/aromatic N) is 2. The van der Waals surface area contributed by atoms with Gasteiger partial charge in [-0.25, -0.2) is 0 Å². The Bertz CT molecular complexity index is 739. The van der Waals surface area contributed by atoms with E-state index in [0.29, 0.717) is 12.1 Å². The van der Waals surface area contributed by atoms with Crippen molar-refractivity contribution in [2.24, 2.45) is 0 Å². The van der Waals surface area contributed by atoms with E-state index in [2.05, 4.69) is 69.3 Å². The molecule has 0 unspecified atom stereocenters. The Labute approximate surface area is 164 Å².